The number of nitrogens with two attached hydrogens (primary N) is 1. The highest BCUT2D eigenvalue weighted by atomic mass is 35.5. The van der Waals surface area contributed by atoms with E-state index in [-0.39, 0.29) is 24.0 Å². The standard InChI is InChI=1S/C7H14N4O2S.ClH/c1-7(2,8)4-11-14(12,13)6-3-9-5-10-6;/h3,5,11H,4,8H2,1-2H3,(H,9,10);1H. The Morgan fingerprint density at radius 3 is 2.60 bits per heavy atom. The number of halogens is 1. The SMILES string of the molecule is CC(C)(N)CNS(=O)(=O)c1cnc[nH]1.Cl. The van der Waals surface area contributed by atoms with E-state index in [1.807, 2.05) is 0 Å². The van der Waals surface area contributed by atoms with E-state index >= 15 is 0 Å². The second kappa shape index (κ2) is 4.93. The molecule has 1 aromatic heterocycles. The van der Waals surface area contributed by atoms with Gasteiger partial charge >= 0.3 is 0 Å². The molecular formula is C7H15ClN4O2S. The lowest BCUT2D eigenvalue weighted by Gasteiger charge is -2.18. The van der Waals surface area contributed by atoms with Crippen LogP contribution in [0.4, 0.5) is 0 Å². The van der Waals surface area contributed by atoms with E-state index in [4.69, 9.17) is 5.73 Å². The predicted octanol–water partition coefficient (Wildman–Crippen LogP) is -0.153. The van der Waals surface area contributed by atoms with Crippen molar-refractivity contribution in [2.45, 2.75) is 24.4 Å². The highest BCUT2D eigenvalue weighted by Crippen LogP contribution is 2.03. The van der Waals surface area contributed by atoms with Gasteiger partial charge in [0.15, 0.2) is 5.03 Å². The third-order valence-corrected chi connectivity index (χ3v) is 2.81. The van der Waals surface area contributed by atoms with Crippen LogP contribution in [-0.4, -0.2) is 30.5 Å². The maximum absolute atomic E-state index is 11.5. The number of H-pyrrole nitrogens is 1. The highest BCUT2D eigenvalue weighted by molar-refractivity contribution is 7.89. The number of nitrogens with one attached hydrogen (secondary N) is 2. The summed E-state index contributed by atoms with van der Waals surface area (Å²) in [7, 11) is -3.50. The minimum atomic E-state index is -3.50. The normalized spacial score (nSPS) is 12.2. The number of hydrogen-bond acceptors (Lipinski definition) is 4. The Kier molecular flexibility index (Phi) is 4.72. The number of nitrogens with zero attached hydrogens (tertiary/aromatic N) is 1. The van der Waals surface area contributed by atoms with E-state index in [1.165, 1.54) is 12.5 Å². The first-order chi connectivity index (χ1) is 6.31. The molecule has 1 heterocycles. The lowest BCUT2D eigenvalue weighted by molar-refractivity contribution is 0.497. The molecule has 0 aliphatic rings. The van der Waals surface area contributed by atoms with Crippen LogP contribution in [0.15, 0.2) is 17.6 Å². The molecule has 0 aliphatic heterocycles. The molecule has 15 heavy (non-hydrogen) atoms. The van der Waals surface area contributed by atoms with Gasteiger partial charge in [-0.05, 0) is 13.8 Å². The second-order valence-corrected chi connectivity index (χ2v) is 5.46. The number of rotatable bonds is 4. The quantitative estimate of drug-likeness (QED) is 0.695. The van der Waals surface area contributed by atoms with Crippen molar-refractivity contribution in [2.24, 2.45) is 5.73 Å². The van der Waals surface area contributed by atoms with Gasteiger partial charge < -0.3 is 10.7 Å². The molecule has 4 N–H and O–H groups in total. The van der Waals surface area contributed by atoms with Gasteiger partial charge in [0, 0.05) is 12.1 Å². The first-order valence-electron chi connectivity index (χ1n) is 4.08. The van der Waals surface area contributed by atoms with Gasteiger partial charge in [-0.1, -0.05) is 0 Å². The van der Waals surface area contributed by atoms with Crippen molar-refractivity contribution in [3.63, 3.8) is 0 Å². The number of sulfonamides is 1. The molecule has 0 radical (unpaired) electrons. The zero-order chi connectivity index (χ0) is 10.8. The fraction of sp³-hybridized carbons (Fsp3) is 0.571. The Labute approximate surface area is 95.1 Å². The first-order valence-corrected chi connectivity index (χ1v) is 5.56. The third kappa shape index (κ3) is 4.61. The number of aromatic amines is 1. The summed E-state index contributed by atoms with van der Waals surface area (Å²) in [6.07, 6.45) is 2.55. The zero-order valence-corrected chi connectivity index (χ0v) is 10.2. The van der Waals surface area contributed by atoms with Crippen molar-refractivity contribution in [2.75, 3.05) is 6.54 Å². The topological polar surface area (TPSA) is 101 Å². The Bertz CT molecular complexity index is 382. The number of imidazole rings is 1. The minimum absolute atomic E-state index is 0. The van der Waals surface area contributed by atoms with Crippen LogP contribution in [-0.2, 0) is 10.0 Å². The van der Waals surface area contributed by atoms with Crippen LogP contribution in [0.5, 0.6) is 0 Å². The molecule has 0 amide bonds. The van der Waals surface area contributed by atoms with E-state index in [2.05, 4.69) is 14.7 Å². The molecule has 0 aliphatic carbocycles. The van der Waals surface area contributed by atoms with Crippen molar-refractivity contribution in [1.29, 1.82) is 0 Å². The van der Waals surface area contributed by atoms with Crippen LogP contribution in [0.3, 0.4) is 0 Å². The Balaban J connectivity index is 0.00000196. The van der Waals surface area contributed by atoms with Crippen LogP contribution in [0.2, 0.25) is 0 Å². The van der Waals surface area contributed by atoms with Crippen LogP contribution < -0.4 is 10.5 Å². The molecule has 0 bridgehead atoms. The molecule has 88 valence electrons. The summed E-state index contributed by atoms with van der Waals surface area (Å²) in [6, 6.07) is 0. The molecule has 1 rings (SSSR count). The van der Waals surface area contributed by atoms with Crippen LogP contribution in [0, 0.1) is 0 Å². The predicted molar refractivity (Wildman–Crippen MR) is 59.3 cm³/mol. The number of aromatic nitrogens is 2. The van der Waals surface area contributed by atoms with Gasteiger partial charge in [0.1, 0.15) is 0 Å². The van der Waals surface area contributed by atoms with Gasteiger partial charge in [-0.2, -0.15) is 0 Å². The number of hydrogen-bond donors (Lipinski definition) is 3. The largest absolute Gasteiger partial charge is 0.335 e. The lowest BCUT2D eigenvalue weighted by Crippen LogP contribution is -2.45. The van der Waals surface area contributed by atoms with Crippen LogP contribution in [0.1, 0.15) is 13.8 Å². The second-order valence-electron chi connectivity index (χ2n) is 3.73. The summed E-state index contributed by atoms with van der Waals surface area (Å²) in [4.78, 5) is 6.14. The molecule has 0 atom stereocenters. The smallest absolute Gasteiger partial charge is 0.257 e. The van der Waals surface area contributed by atoms with Gasteiger partial charge in [-0.3, -0.25) is 0 Å². The average molecular weight is 255 g/mol. The van der Waals surface area contributed by atoms with E-state index < -0.39 is 15.6 Å². The molecular weight excluding hydrogens is 240 g/mol. The summed E-state index contributed by atoms with van der Waals surface area (Å²) in [6.45, 7) is 3.65. The molecule has 1 aromatic rings. The van der Waals surface area contributed by atoms with E-state index in [9.17, 15) is 8.42 Å². The Morgan fingerprint density at radius 1 is 1.60 bits per heavy atom. The minimum Gasteiger partial charge on any atom is -0.335 e. The van der Waals surface area contributed by atoms with Gasteiger partial charge in [0.05, 0.1) is 12.5 Å². The maximum atomic E-state index is 11.5. The molecule has 0 saturated carbocycles. The summed E-state index contributed by atoms with van der Waals surface area (Å²) in [5.74, 6) is 0. The van der Waals surface area contributed by atoms with Gasteiger partial charge in [-0.25, -0.2) is 18.1 Å². The first kappa shape index (κ1) is 14.4. The van der Waals surface area contributed by atoms with Crippen molar-refractivity contribution in [3.8, 4) is 0 Å². The average Bonchev–Trinajstić information content (AvgIpc) is 2.52. The molecule has 0 fully saturated rings. The third-order valence-electron chi connectivity index (χ3n) is 1.48. The lowest BCUT2D eigenvalue weighted by atomic mass is 10.1. The zero-order valence-electron chi connectivity index (χ0n) is 8.52. The fourth-order valence-corrected chi connectivity index (χ4v) is 1.87. The van der Waals surface area contributed by atoms with E-state index in [1.54, 1.807) is 13.8 Å². The van der Waals surface area contributed by atoms with Crippen LogP contribution >= 0.6 is 12.4 Å². The molecule has 6 nitrogen and oxygen atoms in total. The summed E-state index contributed by atoms with van der Waals surface area (Å²) in [5, 5.41) is 0.0433. The molecule has 8 heteroatoms. The van der Waals surface area contributed by atoms with Crippen molar-refractivity contribution in [1.82, 2.24) is 14.7 Å². The van der Waals surface area contributed by atoms with Crippen molar-refractivity contribution < 1.29 is 8.42 Å². The summed E-state index contributed by atoms with van der Waals surface area (Å²) in [5.41, 5.74) is 5.07. The van der Waals surface area contributed by atoms with Crippen molar-refractivity contribution >= 4 is 22.4 Å². The Hall–Kier alpha value is -0.630. The molecule has 0 unspecified atom stereocenters. The van der Waals surface area contributed by atoms with Crippen LogP contribution in [0.25, 0.3) is 0 Å². The Morgan fingerprint density at radius 2 is 2.20 bits per heavy atom. The van der Waals surface area contributed by atoms with Gasteiger partial charge in [0.25, 0.3) is 10.0 Å². The van der Waals surface area contributed by atoms with Crippen molar-refractivity contribution in [3.05, 3.63) is 12.5 Å². The van der Waals surface area contributed by atoms with Gasteiger partial charge in [0.2, 0.25) is 0 Å². The molecule has 0 aromatic carbocycles. The van der Waals surface area contributed by atoms with E-state index in [0.29, 0.717) is 0 Å². The molecule has 0 saturated heterocycles. The summed E-state index contributed by atoms with van der Waals surface area (Å²) < 4.78 is 25.4. The summed E-state index contributed by atoms with van der Waals surface area (Å²) >= 11 is 0. The van der Waals surface area contributed by atoms with E-state index in [0.717, 1.165) is 0 Å². The highest BCUT2D eigenvalue weighted by Gasteiger charge is 2.19. The maximum Gasteiger partial charge on any atom is 0.257 e. The fourth-order valence-electron chi connectivity index (χ4n) is 0.749. The van der Waals surface area contributed by atoms with Gasteiger partial charge in [-0.15, -0.1) is 12.4 Å². The molecule has 0 spiro atoms. The monoisotopic (exact) mass is 254 g/mol.